The molecule has 5 heteroatoms. The van der Waals surface area contributed by atoms with Crippen molar-refractivity contribution >= 4 is 5.97 Å². The average molecular weight is 388 g/mol. The molecule has 1 heterocycles. The number of carbonyl (C=O) groups is 1. The van der Waals surface area contributed by atoms with Crippen LogP contribution in [0, 0.1) is 5.92 Å². The summed E-state index contributed by atoms with van der Waals surface area (Å²) < 4.78 is 16.7. The Morgan fingerprint density at radius 2 is 2.00 bits per heavy atom. The minimum atomic E-state index is -0.104. The van der Waals surface area contributed by atoms with Crippen LogP contribution in [0.2, 0.25) is 0 Å². The highest BCUT2D eigenvalue weighted by molar-refractivity contribution is 5.73. The van der Waals surface area contributed by atoms with Gasteiger partial charge in [0, 0.05) is 17.9 Å². The van der Waals surface area contributed by atoms with E-state index >= 15 is 0 Å². The third-order valence-corrected chi connectivity index (χ3v) is 6.43. The maximum atomic E-state index is 12.4. The van der Waals surface area contributed by atoms with Gasteiger partial charge in [-0.15, -0.1) is 0 Å². The summed E-state index contributed by atoms with van der Waals surface area (Å²) in [4.78, 5) is 14.7. The zero-order valence-corrected chi connectivity index (χ0v) is 17.8. The van der Waals surface area contributed by atoms with Gasteiger partial charge < -0.3 is 14.2 Å². The molecule has 1 saturated heterocycles. The third kappa shape index (κ3) is 3.77. The number of esters is 1. The molecule has 0 aromatic heterocycles. The lowest BCUT2D eigenvalue weighted by Crippen LogP contribution is -2.42. The lowest BCUT2D eigenvalue weighted by atomic mass is 9.68. The van der Waals surface area contributed by atoms with E-state index < -0.39 is 0 Å². The number of methoxy groups -OCH3 is 2. The van der Waals surface area contributed by atoms with Crippen LogP contribution in [0.25, 0.3) is 0 Å². The van der Waals surface area contributed by atoms with Crippen molar-refractivity contribution in [1.82, 2.24) is 4.90 Å². The molecule has 154 valence electrons. The van der Waals surface area contributed by atoms with Gasteiger partial charge in [-0.05, 0) is 56.6 Å². The number of hydrogen-bond acceptors (Lipinski definition) is 5. The number of fused-ring (bicyclic) bond motifs is 1. The fourth-order valence-corrected chi connectivity index (χ4v) is 4.72. The van der Waals surface area contributed by atoms with Gasteiger partial charge in [0.05, 0.1) is 20.1 Å². The molecule has 2 aliphatic rings. The van der Waals surface area contributed by atoms with Crippen LogP contribution < -0.4 is 9.47 Å². The number of likely N-dealkylation sites (N-methyl/N-ethyl adjacent to an activating group) is 1. The van der Waals surface area contributed by atoms with Crippen molar-refractivity contribution in [3.05, 3.63) is 35.6 Å². The predicted octanol–water partition coefficient (Wildman–Crippen LogP) is 4.30. The van der Waals surface area contributed by atoms with E-state index in [1.165, 1.54) is 5.56 Å². The molecule has 0 spiro atoms. The largest absolute Gasteiger partial charge is 0.493 e. The number of likely N-dealkylation sites (tertiary alicyclic amines) is 1. The van der Waals surface area contributed by atoms with Crippen molar-refractivity contribution < 1.29 is 19.0 Å². The molecular weight excluding hydrogens is 354 g/mol. The molecular formula is C23H33NO4. The van der Waals surface area contributed by atoms with Crippen LogP contribution >= 0.6 is 0 Å². The Balaban J connectivity index is 1.87. The first kappa shape index (κ1) is 20.7. The highest BCUT2D eigenvalue weighted by Gasteiger charge is 2.48. The van der Waals surface area contributed by atoms with Gasteiger partial charge >= 0.3 is 5.97 Å². The molecule has 3 atom stereocenters. The van der Waals surface area contributed by atoms with E-state index in [-0.39, 0.29) is 23.3 Å². The number of rotatable bonds is 7. The summed E-state index contributed by atoms with van der Waals surface area (Å²) in [6.07, 6.45) is 6.84. The summed E-state index contributed by atoms with van der Waals surface area (Å²) >= 11 is 0. The minimum absolute atomic E-state index is 0.0131. The zero-order chi connectivity index (χ0) is 20.3. The summed E-state index contributed by atoms with van der Waals surface area (Å²) in [6, 6.07) is 6.47. The molecule has 0 amide bonds. The average Bonchev–Trinajstić information content (AvgIpc) is 3.05. The minimum Gasteiger partial charge on any atom is -0.493 e. The molecule has 28 heavy (non-hydrogen) atoms. The summed E-state index contributed by atoms with van der Waals surface area (Å²) in [7, 11) is 5.48. The molecule has 1 aromatic carbocycles. The summed E-state index contributed by atoms with van der Waals surface area (Å²) in [5, 5.41) is 0. The van der Waals surface area contributed by atoms with Gasteiger partial charge in [0.25, 0.3) is 0 Å². The van der Waals surface area contributed by atoms with Gasteiger partial charge in [0.15, 0.2) is 11.5 Å². The number of nitrogens with zero attached hydrogens (tertiary/aromatic N) is 1. The Morgan fingerprint density at radius 1 is 1.25 bits per heavy atom. The summed E-state index contributed by atoms with van der Waals surface area (Å²) in [5.41, 5.74) is 1.28. The second-order valence-electron chi connectivity index (χ2n) is 8.15. The Bertz CT molecular complexity index is 744. The molecule has 0 bridgehead atoms. The second-order valence-corrected chi connectivity index (χ2v) is 8.15. The van der Waals surface area contributed by atoms with Crippen LogP contribution in [0.4, 0.5) is 0 Å². The van der Waals surface area contributed by atoms with Crippen LogP contribution in [-0.4, -0.2) is 44.7 Å². The van der Waals surface area contributed by atoms with E-state index in [0.29, 0.717) is 0 Å². The quantitative estimate of drug-likeness (QED) is 0.653. The fourth-order valence-electron chi connectivity index (χ4n) is 4.72. The normalized spacial score (nSPS) is 25.6. The molecule has 0 radical (unpaired) electrons. The van der Waals surface area contributed by atoms with Gasteiger partial charge in [-0.1, -0.05) is 26.3 Å². The molecule has 1 aliphatic carbocycles. The number of benzene rings is 1. The standard InChI is InChI=1S/C23H33NO4/c1-6-7-16(2)22(25)28-18-10-11-23(12-13-24(3)21(23)15-18)17-8-9-19(26-4)20(14-17)27-5/h8-9,14-16,21H,6-7,10-13H2,1-5H3. The number of carbonyl (C=O) groups excluding carboxylic acids is 1. The van der Waals surface area contributed by atoms with E-state index in [1.54, 1.807) is 14.2 Å². The third-order valence-electron chi connectivity index (χ3n) is 6.43. The Morgan fingerprint density at radius 3 is 2.68 bits per heavy atom. The van der Waals surface area contributed by atoms with Crippen molar-refractivity contribution in [2.75, 3.05) is 27.8 Å². The summed E-state index contributed by atoms with van der Waals surface area (Å²) in [6.45, 7) is 5.06. The van der Waals surface area contributed by atoms with E-state index in [2.05, 4.69) is 37.1 Å². The topological polar surface area (TPSA) is 48.0 Å². The van der Waals surface area contributed by atoms with Crippen LogP contribution in [0.3, 0.4) is 0 Å². The van der Waals surface area contributed by atoms with E-state index in [4.69, 9.17) is 14.2 Å². The van der Waals surface area contributed by atoms with Gasteiger partial charge in [0.2, 0.25) is 0 Å². The Kier molecular flexibility index (Phi) is 6.33. The van der Waals surface area contributed by atoms with Crippen molar-refractivity contribution in [2.45, 2.75) is 57.4 Å². The van der Waals surface area contributed by atoms with E-state index in [1.807, 2.05) is 13.0 Å². The number of hydrogen-bond donors (Lipinski definition) is 0. The van der Waals surface area contributed by atoms with Gasteiger partial charge in [0.1, 0.15) is 5.76 Å². The Hall–Kier alpha value is -2.01. The highest BCUT2D eigenvalue weighted by Crippen LogP contribution is 2.49. The smallest absolute Gasteiger partial charge is 0.313 e. The molecule has 5 nitrogen and oxygen atoms in total. The molecule has 1 aliphatic heterocycles. The molecule has 0 saturated carbocycles. The maximum absolute atomic E-state index is 12.4. The molecule has 0 N–H and O–H groups in total. The van der Waals surface area contributed by atoms with E-state index in [9.17, 15) is 4.79 Å². The van der Waals surface area contributed by atoms with Gasteiger partial charge in [-0.2, -0.15) is 0 Å². The number of ether oxygens (including phenoxy) is 3. The lowest BCUT2D eigenvalue weighted by Gasteiger charge is -2.40. The first-order chi connectivity index (χ1) is 13.4. The van der Waals surface area contributed by atoms with Crippen molar-refractivity contribution in [3.63, 3.8) is 0 Å². The summed E-state index contributed by atoms with van der Waals surface area (Å²) in [5.74, 6) is 2.17. The van der Waals surface area contributed by atoms with Crippen LogP contribution in [0.1, 0.15) is 51.5 Å². The van der Waals surface area contributed by atoms with Crippen molar-refractivity contribution in [2.24, 2.45) is 5.92 Å². The van der Waals surface area contributed by atoms with Crippen LogP contribution in [-0.2, 0) is 14.9 Å². The monoisotopic (exact) mass is 387 g/mol. The van der Waals surface area contributed by atoms with Crippen molar-refractivity contribution in [3.8, 4) is 11.5 Å². The zero-order valence-electron chi connectivity index (χ0n) is 17.8. The Labute approximate surface area is 168 Å². The van der Waals surface area contributed by atoms with Crippen molar-refractivity contribution in [1.29, 1.82) is 0 Å². The van der Waals surface area contributed by atoms with Gasteiger partial charge in [-0.25, -0.2) is 0 Å². The molecule has 1 aromatic rings. The fraction of sp³-hybridized carbons (Fsp3) is 0.609. The van der Waals surface area contributed by atoms with Gasteiger partial charge in [-0.3, -0.25) is 9.69 Å². The molecule has 3 rings (SSSR count). The maximum Gasteiger partial charge on any atom is 0.313 e. The lowest BCUT2D eigenvalue weighted by molar-refractivity contribution is -0.144. The van der Waals surface area contributed by atoms with Crippen LogP contribution in [0.15, 0.2) is 30.0 Å². The molecule has 3 unspecified atom stereocenters. The SMILES string of the molecule is CCCC(C)C(=O)OC1=CC2N(C)CCC2(c2ccc(OC)c(OC)c2)CC1. The van der Waals surface area contributed by atoms with Crippen LogP contribution in [0.5, 0.6) is 11.5 Å². The first-order valence-corrected chi connectivity index (χ1v) is 10.3. The molecule has 1 fully saturated rings. The van der Waals surface area contributed by atoms with E-state index in [0.717, 1.165) is 55.9 Å². The second kappa shape index (κ2) is 8.56. The first-order valence-electron chi connectivity index (χ1n) is 10.3. The highest BCUT2D eigenvalue weighted by atomic mass is 16.5. The predicted molar refractivity (Wildman–Crippen MR) is 110 cm³/mol. The number of allylic oxidation sites excluding steroid dienone is 1.